The van der Waals surface area contributed by atoms with Crippen LogP contribution in [0.25, 0.3) is 0 Å². The van der Waals surface area contributed by atoms with Crippen molar-refractivity contribution < 1.29 is 4.79 Å². The molecule has 0 aromatic heterocycles. The van der Waals surface area contributed by atoms with E-state index in [9.17, 15) is 4.79 Å². The first-order valence-corrected chi connectivity index (χ1v) is 7.28. The van der Waals surface area contributed by atoms with Gasteiger partial charge >= 0.3 is 0 Å². The minimum absolute atomic E-state index is 0.0209. The third kappa shape index (κ3) is 2.46. The Kier molecular flexibility index (Phi) is 3.21. The van der Waals surface area contributed by atoms with E-state index < -0.39 is 0 Å². The van der Waals surface area contributed by atoms with E-state index in [0.717, 1.165) is 23.9 Å². The summed E-state index contributed by atoms with van der Waals surface area (Å²) >= 11 is 0. The molecule has 3 rings (SSSR count). The SMILES string of the molecule is Cc1ccc(N)cc1C(=O)NCC1CC2CCC1C2. The van der Waals surface area contributed by atoms with Gasteiger partial charge in [0.15, 0.2) is 0 Å². The first-order chi connectivity index (χ1) is 9.13. The quantitative estimate of drug-likeness (QED) is 0.819. The van der Waals surface area contributed by atoms with Gasteiger partial charge in [-0.1, -0.05) is 12.5 Å². The number of nitrogens with one attached hydrogen (secondary N) is 1. The van der Waals surface area contributed by atoms with Crippen molar-refractivity contribution >= 4 is 11.6 Å². The lowest BCUT2D eigenvalue weighted by Crippen LogP contribution is -2.32. The van der Waals surface area contributed by atoms with E-state index >= 15 is 0 Å². The largest absolute Gasteiger partial charge is 0.399 e. The third-order valence-corrected chi connectivity index (χ3v) is 4.92. The molecule has 0 spiro atoms. The molecule has 0 heterocycles. The molecule has 2 aliphatic carbocycles. The monoisotopic (exact) mass is 258 g/mol. The Morgan fingerprint density at radius 2 is 2.21 bits per heavy atom. The van der Waals surface area contributed by atoms with Crippen molar-refractivity contribution in [2.45, 2.75) is 32.6 Å². The van der Waals surface area contributed by atoms with Crippen LogP contribution >= 0.6 is 0 Å². The van der Waals surface area contributed by atoms with Crippen LogP contribution in [0, 0.1) is 24.7 Å². The molecule has 2 bridgehead atoms. The first-order valence-electron chi connectivity index (χ1n) is 7.28. The Bertz CT molecular complexity index is 498. The molecule has 3 heteroatoms. The molecule has 1 amide bonds. The number of anilines is 1. The van der Waals surface area contributed by atoms with E-state index in [1.807, 2.05) is 19.1 Å². The van der Waals surface area contributed by atoms with Crippen LogP contribution < -0.4 is 11.1 Å². The Morgan fingerprint density at radius 1 is 1.37 bits per heavy atom. The van der Waals surface area contributed by atoms with Gasteiger partial charge in [-0.05, 0) is 61.6 Å². The van der Waals surface area contributed by atoms with E-state index in [-0.39, 0.29) is 5.91 Å². The second kappa shape index (κ2) is 4.87. The Hall–Kier alpha value is -1.51. The van der Waals surface area contributed by atoms with Crippen LogP contribution in [0.15, 0.2) is 18.2 Å². The number of aryl methyl sites for hydroxylation is 1. The number of benzene rings is 1. The number of carbonyl (C=O) groups is 1. The summed E-state index contributed by atoms with van der Waals surface area (Å²) in [7, 11) is 0. The van der Waals surface area contributed by atoms with Crippen molar-refractivity contribution in [2.24, 2.45) is 17.8 Å². The third-order valence-electron chi connectivity index (χ3n) is 4.92. The van der Waals surface area contributed by atoms with Crippen molar-refractivity contribution in [1.82, 2.24) is 5.32 Å². The van der Waals surface area contributed by atoms with Gasteiger partial charge in [0.05, 0.1) is 0 Å². The Balaban J connectivity index is 1.61. The normalized spacial score (nSPS) is 28.6. The Morgan fingerprint density at radius 3 is 2.89 bits per heavy atom. The second-order valence-corrected chi connectivity index (χ2v) is 6.22. The number of nitrogens with two attached hydrogens (primary N) is 1. The summed E-state index contributed by atoms with van der Waals surface area (Å²) in [6.07, 6.45) is 5.46. The summed E-state index contributed by atoms with van der Waals surface area (Å²) < 4.78 is 0. The zero-order valence-electron chi connectivity index (χ0n) is 11.5. The average Bonchev–Trinajstić information content (AvgIpc) is 3.01. The van der Waals surface area contributed by atoms with Crippen LogP contribution in [-0.4, -0.2) is 12.5 Å². The van der Waals surface area contributed by atoms with E-state index in [0.29, 0.717) is 17.2 Å². The van der Waals surface area contributed by atoms with Gasteiger partial charge in [0, 0.05) is 17.8 Å². The highest BCUT2D eigenvalue weighted by Gasteiger charge is 2.39. The molecule has 2 aliphatic rings. The zero-order valence-corrected chi connectivity index (χ0v) is 11.5. The summed E-state index contributed by atoms with van der Waals surface area (Å²) in [5.74, 6) is 2.50. The average molecular weight is 258 g/mol. The van der Waals surface area contributed by atoms with Gasteiger partial charge in [0.2, 0.25) is 0 Å². The molecule has 19 heavy (non-hydrogen) atoms. The maximum atomic E-state index is 12.2. The van der Waals surface area contributed by atoms with Crippen LogP contribution in [0.4, 0.5) is 5.69 Å². The molecule has 3 nitrogen and oxygen atoms in total. The van der Waals surface area contributed by atoms with E-state index in [2.05, 4.69) is 5.32 Å². The summed E-state index contributed by atoms with van der Waals surface area (Å²) in [5.41, 5.74) is 8.10. The van der Waals surface area contributed by atoms with Crippen molar-refractivity contribution in [3.05, 3.63) is 29.3 Å². The minimum atomic E-state index is 0.0209. The van der Waals surface area contributed by atoms with Crippen LogP contribution in [0.5, 0.6) is 0 Å². The molecule has 1 aromatic carbocycles. The van der Waals surface area contributed by atoms with Gasteiger partial charge in [0.1, 0.15) is 0 Å². The highest BCUT2D eigenvalue weighted by molar-refractivity contribution is 5.96. The Labute approximate surface area is 114 Å². The van der Waals surface area contributed by atoms with Crippen LogP contribution in [0.2, 0.25) is 0 Å². The van der Waals surface area contributed by atoms with E-state index in [1.165, 1.54) is 25.7 Å². The molecule has 1 aromatic rings. The van der Waals surface area contributed by atoms with Crippen molar-refractivity contribution in [3.8, 4) is 0 Å². The van der Waals surface area contributed by atoms with Crippen molar-refractivity contribution in [3.63, 3.8) is 0 Å². The molecular formula is C16H22N2O. The molecule has 0 aliphatic heterocycles. The molecule has 102 valence electrons. The lowest BCUT2D eigenvalue weighted by Gasteiger charge is -2.22. The van der Waals surface area contributed by atoms with Crippen LogP contribution in [-0.2, 0) is 0 Å². The number of amides is 1. The molecule has 0 saturated heterocycles. The topological polar surface area (TPSA) is 55.1 Å². The van der Waals surface area contributed by atoms with Crippen LogP contribution in [0.3, 0.4) is 0 Å². The smallest absolute Gasteiger partial charge is 0.251 e. The van der Waals surface area contributed by atoms with Gasteiger partial charge in [-0.3, -0.25) is 4.79 Å². The standard InChI is InChI=1S/C16H22N2O/c1-10-2-5-14(17)8-15(10)16(19)18-9-13-7-11-3-4-12(13)6-11/h2,5,8,11-13H,3-4,6-7,9,17H2,1H3,(H,18,19). The molecule has 3 unspecified atom stereocenters. The number of hydrogen-bond donors (Lipinski definition) is 2. The predicted molar refractivity (Wildman–Crippen MR) is 76.9 cm³/mol. The summed E-state index contributed by atoms with van der Waals surface area (Å²) in [6, 6.07) is 5.51. The van der Waals surface area contributed by atoms with Gasteiger partial charge in [-0.2, -0.15) is 0 Å². The predicted octanol–water partition coefficient (Wildman–Crippen LogP) is 2.74. The van der Waals surface area contributed by atoms with Gasteiger partial charge in [0.25, 0.3) is 5.91 Å². The lowest BCUT2D eigenvalue weighted by atomic mass is 9.89. The number of nitrogen functional groups attached to an aromatic ring is 1. The molecular weight excluding hydrogens is 236 g/mol. The molecule has 3 atom stereocenters. The summed E-state index contributed by atoms with van der Waals surface area (Å²) in [6.45, 7) is 2.78. The van der Waals surface area contributed by atoms with E-state index in [4.69, 9.17) is 5.73 Å². The lowest BCUT2D eigenvalue weighted by molar-refractivity contribution is 0.0941. The van der Waals surface area contributed by atoms with E-state index in [1.54, 1.807) is 6.07 Å². The van der Waals surface area contributed by atoms with Gasteiger partial charge < -0.3 is 11.1 Å². The van der Waals surface area contributed by atoms with Gasteiger partial charge in [-0.15, -0.1) is 0 Å². The molecule has 0 radical (unpaired) electrons. The number of carbonyl (C=O) groups excluding carboxylic acids is 1. The highest BCUT2D eigenvalue weighted by Crippen LogP contribution is 2.47. The maximum Gasteiger partial charge on any atom is 0.251 e. The van der Waals surface area contributed by atoms with Crippen molar-refractivity contribution in [1.29, 1.82) is 0 Å². The summed E-state index contributed by atoms with van der Waals surface area (Å²) in [4.78, 5) is 12.2. The highest BCUT2D eigenvalue weighted by atomic mass is 16.1. The number of hydrogen-bond acceptors (Lipinski definition) is 2. The maximum absolute atomic E-state index is 12.2. The number of rotatable bonds is 3. The molecule has 2 fully saturated rings. The number of fused-ring (bicyclic) bond motifs is 2. The minimum Gasteiger partial charge on any atom is -0.399 e. The van der Waals surface area contributed by atoms with Crippen molar-refractivity contribution in [2.75, 3.05) is 12.3 Å². The molecule has 2 saturated carbocycles. The van der Waals surface area contributed by atoms with Crippen LogP contribution in [0.1, 0.15) is 41.6 Å². The first kappa shape index (κ1) is 12.5. The van der Waals surface area contributed by atoms with Gasteiger partial charge in [-0.25, -0.2) is 0 Å². The fraction of sp³-hybridized carbons (Fsp3) is 0.562. The zero-order chi connectivity index (χ0) is 13.4. The fourth-order valence-electron chi connectivity index (χ4n) is 3.83. The summed E-state index contributed by atoms with van der Waals surface area (Å²) in [5, 5.41) is 3.10. The second-order valence-electron chi connectivity index (χ2n) is 6.22. The fourth-order valence-corrected chi connectivity index (χ4v) is 3.83. The molecule has 3 N–H and O–H groups in total.